The van der Waals surface area contributed by atoms with Gasteiger partial charge in [-0.2, -0.15) is 0 Å². The predicted molar refractivity (Wildman–Crippen MR) is 84.8 cm³/mol. The summed E-state index contributed by atoms with van der Waals surface area (Å²) < 4.78 is 0. The van der Waals surface area contributed by atoms with Crippen molar-refractivity contribution in [3.05, 3.63) is 6.92 Å². The summed E-state index contributed by atoms with van der Waals surface area (Å²) in [5.41, 5.74) is 0. The maximum Gasteiger partial charge on any atom is -0.0414 e. The molecule has 0 aliphatic carbocycles. The lowest BCUT2D eigenvalue weighted by atomic mass is 9.90. The second-order valence-corrected chi connectivity index (χ2v) is 5.91. The Morgan fingerprint density at radius 1 is 0.611 bits per heavy atom. The van der Waals surface area contributed by atoms with E-state index in [1.54, 1.807) is 0 Å². The molecular formula is C18H37. The van der Waals surface area contributed by atoms with Gasteiger partial charge in [-0.1, -0.05) is 111 Å². The molecule has 0 nitrogen and oxygen atoms in total. The Hall–Kier alpha value is 0. The molecule has 0 spiro atoms. The summed E-state index contributed by atoms with van der Waals surface area (Å²) in [6.45, 7) is 8.54. The zero-order valence-electron chi connectivity index (χ0n) is 13.2. The summed E-state index contributed by atoms with van der Waals surface area (Å²) in [7, 11) is 0. The largest absolute Gasteiger partial charge is 0.0654 e. The Morgan fingerprint density at radius 2 is 1.11 bits per heavy atom. The van der Waals surface area contributed by atoms with Gasteiger partial charge in [0.25, 0.3) is 0 Å². The average molecular weight is 253 g/mol. The van der Waals surface area contributed by atoms with Gasteiger partial charge in [0.05, 0.1) is 0 Å². The first-order valence-electron chi connectivity index (χ1n) is 8.64. The van der Waals surface area contributed by atoms with E-state index in [1.807, 2.05) is 0 Å². The van der Waals surface area contributed by atoms with Crippen LogP contribution >= 0.6 is 0 Å². The van der Waals surface area contributed by atoms with E-state index < -0.39 is 0 Å². The fraction of sp³-hybridized carbons (Fsp3) is 0.944. The molecule has 0 fully saturated rings. The molecule has 18 heavy (non-hydrogen) atoms. The van der Waals surface area contributed by atoms with Crippen molar-refractivity contribution >= 4 is 0 Å². The molecule has 109 valence electrons. The minimum absolute atomic E-state index is 1.03. The Labute approximate surface area is 117 Å². The van der Waals surface area contributed by atoms with E-state index in [1.165, 1.54) is 83.5 Å². The summed E-state index contributed by atoms with van der Waals surface area (Å²) in [6.07, 6.45) is 19.8. The zero-order valence-corrected chi connectivity index (χ0v) is 13.2. The second-order valence-electron chi connectivity index (χ2n) is 5.91. The molecule has 0 saturated heterocycles. The van der Waals surface area contributed by atoms with E-state index >= 15 is 0 Å². The average Bonchev–Trinajstić information content (AvgIpc) is 2.39. The number of unbranched alkanes of at least 4 members (excludes halogenated alkanes) is 8. The molecule has 0 heterocycles. The molecule has 0 aromatic heterocycles. The number of rotatable bonds is 14. The van der Waals surface area contributed by atoms with Crippen molar-refractivity contribution in [2.75, 3.05) is 0 Å². The van der Waals surface area contributed by atoms with Gasteiger partial charge in [0, 0.05) is 0 Å². The standard InChI is InChI=1S/C18H37/c1-4-7-10-11-12-14-17-18(15-9-6-3)16-13-8-5-2/h18H,1,4-17H2,2-3H3. The van der Waals surface area contributed by atoms with Crippen LogP contribution in [-0.2, 0) is 0 Å². The van der Waals surface area contributed by atoms with Gasteiger partial charge in [-0.05, 0) is 5.92 Å². The molecule has 0 aromatic carbocycles. The Kier molecular flexibility index (Phi) is 15.1. The van der Waals surface area contributed by atoms with Crippen LogP contribution in [0.2, 0.25) is 0 Å². The first kappa shape index (κ1) is 18.0. The molecule has 0 heteroatoms. The molecule has 0 saturated carbocycles. The van der Waals surface area contributed by atoms with Crippen LogP contribution in [0, 0.1) is 12.8 Å². The van der Waals surface area contributed by atoms with Gasteiger partial charge < -0.3 is 0 Å². The van der Waals surface area contributed by atoms with Crippen molar-refractivity contribution in [2.24, 2.45) is 5.92 Å². The van der Waals surface area contributed by atoms with Crippen LogP contribution in [-0.4, -0.2) is 0 Å². The fourth-order valence-electron chi connectivity index (χ4n) is 2.75. The highest BCUT2D eigenvalue weighted by molar-refractivity contribution is 4.61. The van der Waals surface area contributed by atoms with Crippen LogP contribution in [0.15, 0.2) is 0 Å². The summed E-state index contributed by atoms with van der Waals surface area (Å²) in [5, 5.41) is 0. The molecule has 0 aliphatic rings. The first-order valence-corrected chi connectivity index (χ1v) is 8.64. The second kappa shape index (κ2) is 15.1. The molecule has 0 bridgehead atoms. The Morgan fingerprint density at radius 3 is 1.72 bits per heavy atom. The molecule has 1 unspecified atom stereocenters. The molecule has 1 radical (unpaired) electrons. The Balaban J connectivity index is 3.51. The molecule has 0 amide bonds. The molecule has 0 N–H and O–H groups in total. The Bertz CT molecular complexity index is 139. The number of hydrogen-bond donors (Lipinski definition) is 0. The van der Waals surface area contributed by atoms with Crippen molar-refractivity contribution in [2.45, 2.75) is 104 Å². The van der Waals surface area contributed by atoms with Crippen molar-refractivity contribution in [3.63, 3.8) is 0 Å². The minimum atomic E-state index is 1.03. The van der Waals surface area contributed by atoms with Crippen LogP contribution in [0.25, 0.3) is 0 Å². The summed E-state index contributed by atoms with van der Waals surface area (Å²) in [5.74, 6) is 1.03. The summed E-state index contributed by atoms with van der Waals surface area (Å²) in [4.78, 5) is 0. The van der Waals surface area contributed by atoms with E-state index in [0.29, 0.717) is 0 Å². The van der Waals surface area contributed by atoms with E-state index in [2.05, 4.69) is 20.8 Å². The van der Waals surface area contributed by atoms with Crippen LogP contribution in [0.5, 0.6) is 0 Å². The fourth-order valence-corrected chi connectivity index (χ4v) is 2.75. The maximum absolute atomic E-state index is 3.91. The third kappa shape index (κ3) is 12.5. The third-order valence-corrected chi connectivity index (χ3v) is 4.04. The number of hydrogen-bond acceptors (Lipinski definition) is 0. The van der Waals surface area contributed by atoms with Gasteiger partial charge >= 0.3 is 0 Å². The van der Waals surface area contributed by atoms with Crippen molar-refractivity contribution in [1.82, 2.24) is 0 Å². The molecule has 0 rings (SSSR count). The third-order valence-electron chi connectivity index (χ3n) is 4.04. The highest BCUT2D eigenvalue weighted by Crippen LogP contribution is 2.23. The van der Waals surface area contributed by atoms with Gasteiger partial charge in [0.15, 0.2) is 0 Å². The lowest BCUT2D eigenvalue weighted by Gasteiger charge is -2.16. The zero-order chi connectivity index (χ0) is 13.5. The summed E-state index contributed by atoms with van der Waals surface area (Å²) in [6, 6.07) is 0. The quantitative estimate of drug-likeness (QED) is 0.294. The van der Waals surface area contributed by atoms with E-state index in [-0.39, 0.29) is 0 Å². The minimum Gasteiger partial charge on any atom is -0.0654 e. The van der Waals surface area contributed by atoms with Gasteiger partial charge in [-0.25, -0.2) is 0 Å². The van der Waals surface area contributed by atoms with E-state index in [0.717, 1.165) is 12.3 Å². The van der Waals surface area contributed by atoms with Crippen molar-refractivity contribution < 1.29 is 0 Å². The van der Waals surface area contributed by atoms with Crippen LogP contribution in [0.3, 0.4) is 0 Å². The molecule has 1 atom stereocenters. The van der Waals surface area contributed by atoms with Crippen LogP contribution in [0.1, 0.15) is 104 Å². The van der Waals surface area contributed by atoms with E-state index in [9.17, 15) is 0 Å². The van der Waals surface area contributed by atoms with Crippen molar-refractivity contribution in [1.29, 1.82) is 0 Å². The van der Waals surface area contributed by atoms with Gasteiger partial charge in [0.2, 0.25) is 0 Å². The lowest BCUT2D eigenvalue weighted by molar-refractivity contribution is 0.373. The van der Waals surface area contributed by atoms with Crippen molar-refractivity contribution in [3.8, 4) is 0 Å². The van der Waals surface area contributed by atoms with Crippen LogP contribution < -0.4 is 0 Å². The van der Waals surface area contributed by atoms with Gasteiger partial charge in [-0.15, -0.1) is 0 Å². The predicted octanol–water partition coefficient (Wildman–Crippen LogP) is 6.94. The maximum atomic E-state index is 3.91. The molecular weight excluding hydrogens is 216 g/mol. The van der Waals surface area contributed by atoms with Gasteiger partial charge in [-0.3, -0.25) is 0 Å². The van der Waals surface area contributed by atoms with Gasteiger partial charge in [0.1, 0.15) is 0 Å². The molecule has 0 aromatic rings. The van der Waals surface area contributed by atoms with Crippen LogP contribution in [0.4, 0.5) is 0 Å². The summed E-state index contributed by atoms with van der Waals surface area (Å²) >= 11 is 0. The molecule has 0 aliphatic heterocycles. The smallest absolute Gasteiger partial charge is 0.0414 e. The monoisotopic (exact) mass is 253 g/mol. The normalized spacial score (nSPS) is 12.8. The highest BCUT2D eigenvalue weighted by Gasteiger charge is 2.07. The van der Waals surface area contributed by atoms with E-state index in [4.69, 9.17) is 0 Å². The first-order chi connectivity index (χ1) is 8.85. The lowest BCUT2D eigenvalue weighted by Crippen LogP contribution is -2.01. The highest BCUT2D eigenvalue weighted by atomic mass is 14.1. The topological polar surface area (TPSA) is 0 Å². The SMILES string of the molecule is [CH2]CCCCCCCC(CCCC)CCCCC.